The molecule has 0 fully saturated rings. The second-order valence-electron chi connectivity index (χ2n) is 5.04. The molecule has 0 spiro atoms. The molecule has 0 radical (unpaired) electrons. The van der Waals surface area contributed by atoms with Crippen LogP contribution in [-0.2, 0) is 24.4 Å². The minimum Gasteiger partial charge on any atom is -0.377 e. The lowest BCUT2D eigenvalue weighted by atomic mass is 10.1. The summed E-state index contributed by atoms with van der Waals surface area (Å²) < 4.78 is 5.46. The number of hydrogen-bond acceptors (Lipinski definition) is 4. The molecule has 122 valence electrons. The first-order chi connectivity index (χ1) is 11.1. The molecule has 0 aliphatic heterocycles. The summed E-state index contributed by atoms with van der Waals surface area (Å²) in [5, 5.41) is 14.6. The standard InChI is InChI=1S/C17H19ClN2O3/c1-2-23-12-14-6-4-3-5-13(14)10-19-11-15-9-16(20(21)22)7-8-17(15)18/h3-9,19H,2,10-12H2,1H3. The molecular formula is C17H19ClN2O3. The van der Waals surface area contributed by atoms with Crippen LogP contribution < -0.4 is 5.32 Å². The molecule has 0 aliphatic rings. The van der Waals surface area contributed by atoms with Gasteiger partial charge in [-0.3, -0.25) is 10.1 Å². The lowest BCUT2D eigenvalue weighted by Gasteiger charge is -2.11. The fraction of sp³-hybridized carbons (Fsp3) is 0.294. The molecule has 0 atom stereocenters. The van der Waals surface area contributed by atoms with Crippen molar-refractivity contribution in [2.24, 2.45) is 0 Å². The highest BCUT2D eigenvalue weighted by atomic mass is 35.5. The topological polar surface area (TPSA) is 64.4 Å². The summed E-state index contributed by atoms with van der Waals surface area (Å²) in [6.07, 6.45) is 0. The van der Waals surface area contributed by atoms with Crippen LogP contribution in [0, 0.1) is 10.1 Å². The quantitative estimate of drug-likeness (QED) is 0.583. The van der Waals surface area contributed by atoms with E-state index in [1.807, 2.05) is 31.2 Å². The predicted octanol–water partition coefficient (Wildman–Crippen LogP) is 4.07. The van der Waals surface area contributed by atoms with Gasteiger partial charge in [0.15, 0.2) is 0 Å². The molecule has 0 amide bonds. The summed E-state index contributed by atoms with van der Waals surface area (Å²) >= 11 is 6.10. The maximum Gasteiger partial charge on any atom is 0.269 e. The maximum absolute atomic E-state index is 10.8. The van der Waals surface area contributed by atoms with Crippen LogP contribution in [0.5, 0.6) is 0 Å². The van der Waals surface area contributed by atoms with Crippen LogP contribution in [0.15, 0.2) is 42.5 Å². The van der Waals surface area contributed by atoms with Gasteiger partial charge in [-0.2, -0.15) is 0 Å². The van der Waals surface area contributed by atoms with E-state index in [0.717, 1.165) is 11.1 Å². The Labute approximate surface area is 140 Å². The van der Waals surface area contributed by atoms with Gasteiger partial charge in [0.2, 0.25) is 0 Å². The van der Waals surface area contributed by atoms with E-state index < -0.39 is 4.92 Å². The van der Waals surface area contributed by atoms with E-state index in [0.29, 0.717) is 36.9 Å². The summed E-state index contributed by atoms with van der Waals surface area (Å²) in [6, 6.07) is 12.5. The number of halogens is 1. The molecule has 2 rings (SSSR count). The van der Waals surface area contributed by atoms with Gasteiger partial charge in [0.25, 0.3) is 5.69 Å². The number of ether oxygens (including phenoxy) is 1. The smallest absolute Gasteiger partial charge is 0.269 e. The molecular weight excluding hydrogens is 316 g/mol. The largest absolute Gasteiger partial charge is 0.377 e. The van der Waals surface area contributed by atoms with E-state index in [9.17, 15) is 10.1 Å². The summed E-state index contributed by atoms with van der Waals surface area (Å²) in [5.74, 6) is 0. The Morgan fingerprint density at radius 3 is 2.52 bits per heavy atom. The van der Waals surface area contributed by atoms with Crippen molar-refractivity contribution in [3.05, 3.63) is 74.3 Å². The molecule has 1 N–H and O–H groups in total. The molecule has 5 nitrogen and oxygen atoms in total. The first-order valence-corrected chi connectivity index (χ1v) is 7.77. The van der Waals surface area contributed by atoms with Crippen LogP contribution in [0.1, 0.15) is 23.6 Å². The van der Waals surface area contributed by atoms with Crippen molar-refractivity contribution < 1.29 is 9.66 Å². The summed E-state index contributed by atoms with van der Waals surface area (Å²) in [7, 11) is 0. The molecule has 2 aromatic carbocycles. The van der Waals surface area contributed by atoms with Gasteiger partial charge in [-0.1, -0.05) is 35.9 Å². The zero-order valence-corrected chi connectivity index (χ0v) is 13.7. The van der Waals surface area contributed by atoms with Crippen molar-refractivity contribution in [3.8, 4) is 0 Å². The number of benzene rings is 2. The fourth-order valence-electron chi connectivity index (χ4n) is 2.22. The average molecular weight is 335 g/mol. The number of hydrogen-bond donors (Lipinski definition) is 1. The third-order valence-electron chi connectivity index (χ3n) is 3.45. The van der Waals surface area contributed by atoms with Crippen molar-refractivity contribution in [2.75, 3.05) is 6.61 Å². The van der Waals surface area contributed by atoms with Crippen LogP contribution in [0.3, 0.4) is 0 Å². The molecule has 0 saturated heterocycles. The van der Waals surface area contributed by atoms with Gasteiger partial charge < -0.3 is 10.1 Å². The zero-order chi connectivity index (χ0) is 16.7. The summed E-state index contributed by atoms with van der Waals surface area (Å²) in [6.45, 7) is 4.31. The Hall–Kier alpha value is -1.95. The number of nitro benzene ring substituents is 1. The van der Waals surface area contributed by atoms with Crippen LogP contribution in [0.4, 0.5) is 5.69 Å². The van der Waals surface area contributed by atoms with Gasteiger partial charge in [-0.05, 0) is 29.7 Å². The van der Waals surface area contributed by atoms with Crippen LogP contribution in [0.2, 0.25) is 5.02 Å². The number of rotatable bonds is 8. The third kappa shape index (κ3) is 5.03. The van der Waals surface area contributed by atoms with Crippen molar-refractivity contribution >= 4 is 17.3 Å². The normalized spacial score (nSPS) is 10.7. The van der Waals surface area contributed by atoms with Gasteiger partial charge in [0.1, 0.15) is 0 Å². The van der Waals surface area contributed by atoms with Gasteiger partial charge in [-0.25, -0.2) is 0 Å². The van der Waals surface area contributed by atoms with E-state index >= 15 is 0 Å². The van der Waals surface area contributed by atoms with Gasteiger partial charge in [0.05, 0.1) is 11.5 Å². The van der Waals surface area contributed by atoms with Crippen molar-refractivity contribution in [3.63, 3.8) is 0 Å². The Balaban J connectivity index is 2.00. The molecule has 0 aromatic heterocycles. The Bertz CT molecular complexity index is 677. The van der Waals surface area contributed by atoms with E-state index in [1.165, 1.54) is 12.1 Å². The molecule has 23 heavy (non-hydrogen) atoms. The molecule has 6 heteroatoms. The second kappa shape index (κ2) is 8.62. The lowest BCUT2D eigenvalue weighted by molar-refractivity contribution is -0.384. The molecule has 0 aliphatic carbocycles. The molecule has 2 aromatic rings. The van der Waals surface area contributed by atoms with Gasteiger partial charge in [0, 0.05) is 36.9 Å². The third-order valence-corrected chi connectivity index (χ3v) is 3.82. The van der Waals surface area contributed by atoms with E-state index in [-0.39, 0.29) is 5.69 Å². The molecule has 0 unspecified atom stereocenters. The van der Waals surface area contributed by atoms with E-state index in [4.69, 9.17) is 16.3 Å². The van der Waals surface area contributed by atoms with Crippen LogP contribution in [-0.4, -0.2) is 11.5 Å². The predicted molar refractivity (Wildman–Crippen MR) is 90.4 cm³/mol. The monoisotopic (exact) mass is 334 g/mol. The second-order valence-corrected chi connectivity index (χ2v) is 5.45. The van der Waals surface area contributed by atoms with Gasteiger partial charge in [-0.15, -0.1) is 0 Å². The van der Waals surface area contributed by atoms with Crippen molar-refractivity contribution in [1.29, 1.82) is 0 Å². The Morgan fingerprint density at radius 1 is 1.13 bits per heavy atom. The zero-order valence-electron chi connectivity index (χ0n) is 12.9. The van der Waals surface area contributed by atoms with Gasteiger partial charge >= 0.3 is 0 Å². The van der Waals surface area contributed by atoms with E-state index in [1.54, 1.807) is 6.07 Å². The fourth-order valence-corrected chi connectivity index (χ4v) is 2.41. The Kier molecular flexibility index (Phi) is 6.52. The lowest BCUT2D eigenvalue weighted by Crippen LogP contribution is -2.14. The average Bonchev–Trinajstić information content (AvgIpc) is 2.55. The number of nitrogens with zero attached hydrogens (tertiary/aromatic N) is 1. The van der Waals surface area contributed by atoms with E-state index in [2.05, 4.69) is 5.32 Å². The maximum atomic E-state index is 10.8. The van der Waals surface area contributed by atoms with Crippen LogP contribution >= 0.6 is 11.6 Å². The highest BCUT2D eigenvalue weighted by molar-refractivity contribution is 6.31. The first-order valence-electron chi connectivity index (χ1n) is 7.40. The summed E-state index contributed by atoms with van der Waals surface area (Å²) in [5.41, 5.74) is 3.03. The SMILES string of the molecule is CCOCc1ccccc1CNCc1cc([N+](=O)[O-])ccc1Cl. The highest BCUT2D eigenvalue weighted by Gasteiger charge is 2.09. The summed E-state index contributed by atoms with van der Waals surface area (Å²) in [4.78, 5) is 10.4. The number of nitro groups is 1. The Morgan fingerprint density at radius 2 is 1.83 bits per heavy atom. The minimum atomic E-state index is -0.419. The number of non-ortho nitro benzene ring substituents is 1. The number of nitrogens with one attached hydrogen (secondary N) is 1. The first kappa shape index (κ1) is 17.4. The highest BCUT2D eigenvalue weighted by Crippen LogP contribution is 2.22. The van der Waals surface area contributed by atoms with Crippen molar-refractivity contribution in [2.45, 2.75) is 26.6 Å². The molecule has 0 saturated carbocycles. The molecule has 0 bridgehead atoms. The van der Waals surface area contributed by atoms with Crippen LogP contribution in [0.25, 0.3) is 0 Å². The minimum absolute atomic E-state index is 0.0444. The molecule has 0 heterocycles. The van der Waals surface area contributed by atoms with Crippen molar-refractivity contribution in [1.82, 2.24) is 5.32 Å².